The van der Waals surface area contributed by atoms with Crippen LogP contribution in [0.4, 0.5) is 0 Å². The minimum atomic E-state index is -0.432. The Morgan fingerprint density at radius 3 is 2.57 bits per heavy atom. The summed E-state index contributed by atoms with van der Waals surface area (Å²) in [5, 5.41) is 7.23. The Morgan fingerprint density at radius 2 is 1.96 bits per heavy atom. The highest BCUT2D eigenvalue weighted by atomic mass is 35.5. The number of benzene rings is 1. The van der Waals surface area contributed by atoms with Gasteiger partial charge in [-0.25, -0.2) is 0 Å². The van der Waals surface area contributed by atoms with Gasteiger partial charge in [-0.3, -0.25) is 19.4 Å². The number of hydrogen-bond donors (Lipinski definition) is 1. The summed E-state index contributed by atoms with van der Waals surface area (Å²) < 4.78 is 6.45. The summed E-state index contributed by atoms with van der Waals surface area (Å²) in [5.74, 6) is -0.0920. The van der Waals surface area contributed by atoms with Gasteiger partial charge in [0.15, 0.2) is 0 Å². The van der Waals surface area contributed by atoms with E-state index in [1.807, 2.05) is 0 Å². The van der Waals surface area contributed by atoms with Gasteiger partial charge >= 0.3 is 0 Å². The Hall–Kier alpha value is -2.60. The van der Waals surface area contributed by atoms with E-state index in [1.54, 1.807) is 45.2 Å². The van der Waals surface area contributed by atoms with Crippen LogP contribution in [-0.2, 0) is 7.05 Å². The molecule has 0 aliphatic rings. The van der Waals surface area contributed by atoms with Gasteiger partial charge in [-0.2, -0.15) is 0 Å². The van der Waals surface area contributed by atoms with Crippen molar-refractivity contribution < 1.29 is 9.32 Å². The van der Waals surface area contributed by atoms with Gasteiger partial charge in [0.2, 0.25) is 5.78 Å². The number of H-pyrrole nitrogens is 1. The zero-order valence-corrected chi connectivity index (χ0v) is 13.6. The number of hydrogen-bond acceptors (Lipinski definition) is 4. The van der Waals surface area contributed by atoms with Crippen molar-refractivity contribution in [3.05, 3.63) is 62.2 Å². The molecule has 0 radical (unpaired) electrons. The molecule has 0 saturated heterocycles. The van der Waals surface area contributed by atoms with Gasteiger partial charge in [0.05, 0.1) is 10.6 Å². The molecule has 2 heterocycles. The van der Waals surface area contributed by atoms with Gasteiger partial charge in [-0.05, 0) is 19.9 Å². The lowest BCUT2D eigenvalue weighted by molar-refractivity contribution is 0.103. The molecule has 2 aromatic heterocycles. The monoisotopic (exact) mass is 331 g/mol. The maximum absolute atomic E-state index is 12.9. The minimum Gasteiger partial charge on any atom is -0.360 e. The van der Waals surface area contributed by atoms with Crippen molar-refractivity contribution >= 4 is 17.4 Å². The van der Waals surface area contributed by atoms with Crippen LogP contribution in [0.15, 0.2) is 33.6 Å². The molecular formula is C16H14ClN3O3. The largest absolute Gasteiger partial charge is 0.360 e. The molecular weight excluding hydrogens is 318 g/mol. The standard InChI is InChI=1S/C16H14ClN3O3/c1-8-12(16(22)20(3)18-8)15(21)13-9(2)23-19-14(13)10-6-4-5-7-11(10)17/h4-7,18H,1-3H3. The van der Waals surface area contributed by atoms with Gasteiger partial charge in [0.25, 0.3) is 5.56 Å². The Bertz CT molecular complexity index is 965. The lowest BCUT2D eigenvalue weighted by Crippen LogP contribution is -2.20. The smallest absolute Gasteiger partial charge is 0.277 e. The van der Waals surface area contributed by atoms with E-state index < -0.39 is 11.3 Å². The van der Waals surface area contributed by atoms with Crippen LogP contribution in [-0.4, -0.2) is 20.7 Å². The molecule has 0 aliphatic carbocycles. The fourth-order valence-electron chi connectivity index (χ4n) is 2.56. The number of aromatic amines is 1. The Kier molecular flexibility index (Phi) is 3.69. The third-order valence-corrected chi connectivity index (χ3v) is 4.00. The van der Waals surface area contributed by atoms with Crippen LogP contribution >= 0.6 is 11.6 Å². The first-order valence-electron chi connectivity index (χ1n) is 6.93. The summed E-state index contributed by atoms with van der Waals surface area (Å²) in [6.07, 6.45) is 0. The number of halogens is 1. The maximum atomic E-state index is 12.9. The average Bonchev–Trinajstić information content (AvgIpc) is 3.00. The predicted molar refractivity (Wildman–Crippen MR) is 85.9 cm³/mol. The number of nitrogens with zero attached hydrogens (tertiary/aromatic N) is 2. The van der Waals surface area contributed by atoms with E-state index in [0.717, 1.165) is 0 Å². The van der Waals surface area contributed by atoms with Crippen LogP contribution < -0.4 is 5.56 Å². The summed E-state index contributed by atoms with van der Waals surface area (Å²) in [6, 6.07) is 7.03. The second-order valence-electron chi connectivity index (χ2n) is 5.25. The molecule has 0 atom stereocenters. The van der Waals surface area contributed by atoms with E-state index in [1.165, 1.54) is 4.68 Å². The molecule has 6 nitrogen and oxygen atoms in total. The fourth-order valence-corrected chi connectivity index (χ4v) is 2.78. The first-order valence-corrected chi connectivity index (χ1v) is 7.31. The molecule has 0 bridgehead atoms. The number of aryl methyl sites for hydroxylation is 3. The van der Waals surface area contributed by atoms with Gasteiger partial charge in [0.1, 0.15) is 17.0 Å². The van der Waals surface area contributed by atoms with E-state index in [0.29, 0.717) is 27.7 Å². The molecule has 118 valence electrons. The Balaban J connectivity index is 2.22. The lowest BCUT2D eigenvalue weighted by atomic mass is 9.98. The first kappa shape index (κ1) is 15.3. The molecule has 1 aromatic carbocycles. The third kappa shape index (κ3) is 2.41. The summed E-state index contributed by atoms with van der Waals surface area (Å²) in [7, 11) is 1.56. The predicted octanol–water partition coefficient (Wildman–Crippen LogP) is 2.87. The van der Waals surface area contributed by atoms with E-state index >= 15 is 0 Å². The molecule has 0 unspecified atom stereocenters. The highest BCUT2D eigenvalue weighted by Crippen LogP contribution is 2.32. The molecule has 0 spiro atoms. The van der Waals surface area contributed by atoms with Crippen molar-refractivity contribution in [2.75, 3.05) is 0 Å². The van der Waals surface area contributed by atoms with Crippen LogP contribution in [0.5, 0.6) is 0 Å². The highest BCUT2D eigenvalue weighted by Gasteiger charge is 2.28. The maximum Gasteiger partial charge on any atom is 0.277 e. The Morgan fingerprint density at radius 1 is 1.26 bits per heavy atom. The lowest BCUT2D eigenvalue weighted by Gasteiger charge is -2.03. The second-order valence-corrected chi connectivity index (χ2v) is 5.65. The summed E-state index contributed by atoms with van der Waals surface area (Å²) in [5.41, 5.74) is 1.34. The summed E-state index contributed by atoms with van der Waals surface area (Å²) >= 11 is 6.19. The molecule has 23 heavy (non-hydrogen) atoms. The van der Waals surface area contributed by atoms with Gasteiger partial charge in [-0.15, -0.1) is 0 Å². The third-order valence-electron chi connectivity index (χ3n) is 3.67. The van der Waals surface area contributed by atoms with Crippen molar-refractivity contribution in [3.63, 3.8) is 0 Å². The molecule has 1 N–H and O–H groups in total. The van der Waals surface area contributed by atoms with E-state index in [-0.39, 0.29) is 11.1 Å². The number of carbonyl (C=O) groups excluding carboxylic acids is 1. The van der Waals surface area contributed by atoms with Gasteiger partial charge in [0, 0.05) is 18.3 Å². The van der Waals surface area contributed by atoms with E-state index in [9.17, 15) is 9.59 Å². The molecule has 0 fully saturated rings. The van der Waals surface area contributed by atoms with Crippen molar-refractivity contribution in [3.8, 4) is 11.3 Å². The minimum absolute atomic E-state index is 0.0760. The van der Waals surface area contributed by atoms with E-state index in [2.05, 4.69) is 10.3 Å². The van der Waals surface area contributed by atoms with E-state index in [4.69, 9.17) is 16.1 Å². The summed E-state index contributed by atoms with van der Waals surface area (Å²) in [6.45, 7) is 3.31. The molecule has 3 rings (SSSR count). The fraction of sp³-hybridized carbons (Fsp3) is 0.188. The van der Waals surface area contributed by atoms with Crippen LogP contribution in [0, 0.1) is 13.8 Å². The molecule has 0 saturated carbocycles. The van der Waals surface area contributed by atoms with Crippen molar-refractivity contribution in [1.82, 2.24) is 14.9 Å². The zero-order chi connectivity index (χ0) is 16.7. The molecule has 0 amide bonds. The molecule has 0 aliphatic heterocycles. The number of aromatic nitrogens is 3. The Labute approximate surface area is 136 Å². The number of carbonyl (C=O) groups is 1. The van der Waals surface area contributed by atoms with Crippen LogP contribution in [0.3, 0.4) is 0 Å². The topological polar surface area (TPSA) is 80.9 Å². The average molecular weight is 332 g/mol. The number of rotatable bonds is 3. The van der Waals surface area contributed by atoms with Gasteiger partial charge < -0.3 is 4.52 Å². The van der Waals surface area contributed by atoms with Crippen LogP contribution in [0.25, 0.3) is 11.3 Å². The van der Waals surface area contributed by atoms with Crippen molar-refractivity contribution in [2.45, 2.75) is 13.8 Å². The first-order chi connectivity index (χ1) is 10.9. The van der Waals surface area contributed by atoms with Crippen LogP contribution in [0.1, 0.15) is 27.4 Å². The van der Waals surface area contributed by atoms with Gasteiger partial charge in [-0.1, -0.05) is 35.0 Å². The normalized spacial score (nSPS) is 11.0. The molecule has 3 aromatic rings. The number of nitrogens with one attached hydrogen (secondary N) is 1. The van der Waals surface area contributed by atoms with Crippen molar-refractivity contribution in [2.24, 2.45) is 7.05 Å². The summed E-state index contributed by atoms with van der Waals surface area (Å²) in [4.78, 5) is 25.1. The second kappa shape index (κ2) is 5.55. The molecule has 7 heteroatoms. The quantitative estimate of drug-likeness (QED) is 0.748. The SMILES string of the molecule is Cc1[nH]n(C)c(=O)c1C(=O)c1c(-c2ccccc2Cl)noc1C. The van der Waals surface area contributed by atoms with Crippen LogP contribution in [0.2, 0.25) is 5.02 Å². The zero-order valence-electron chi connectivity index (χ0n) is 12.8. The van der Waals surface area contributed by atoms with Crippen molar-refractivity contribution in [1.29, 1.82) is 0 Å². The number of ketones is 1. The highest BCUT2D eigenvalue weighted by molar-refractivity contribution is 6.33.